The molecule has 0 saturated carbocycles. The normalized spacial score (nSPS) is 19.4. The van der Waals surface area contributed by atoms with Gasteiger partial charge in [0.15, 0.2) is 0 Å². The molecule has 5 nitrogen and oxygen atoms in total. The molecule has 1 aliphatic rings. The van der Waals surface area contributed by atoms with Crippen LogP contribution in [0.4, 0.5) is 0 Å². The molecule has 2 rings (SSSR count). The summed E-state index contributed by atoms with van der Waals surface area (Å²) in [6.45, 7) is 3.36. The minimum absolute atomic E-state index is 0.162. The first kappa shape index (κ1) is 13.6. The topological polar surface area (TPSA) is 62.5 Å². The zero-order valence-electron chi connectivity index (χ0n) is 11.2. The van der Waals surface area contributed by atoms with E-state index < -0.39 is 12.0 Å². The highest BCUT2D eigenvalue weighted by atomic mass is 16.4. The molecular formula is C14H20N2O3. The summed E-state index contributed by atoms with van der Waals surface area (Å²) in [5.74, 6) is -1.06. The van der Waals surface area contributed by atoms with Crippen LogP contribution in [0.25, 0.3) is 0 Å². The summed E-state index contributed by atoms with van der Waals surface area (Å²) in [4.78, 5) is 25.3. The summed E-state index contributed by atoms with van der Waals surface area (Å²) in [6.07, 6.45) is 5.12. The number of likely N-dealkylation sites (tertiary alicyclic amines) is 1. The van der Waals surface area contributed by atoms with Gasteiger partial charge >= 0.3 is 5.97 Å². The lowest BCUT2D eigenvalue weighted by Gasteiger charge is -2.33. The van der Waals surface area contributed by atoms with E-state index in [0.29, 0.717) is 18.7 Å². The zero-order chi connectivity index (χ0) is 13.8. The van der Waals surface area contributed by atoms with Gasteiger partial charge in [-0.1, -0.05) is 6.92 Å². The van der Waals surface area contributed by atoms with Gasteiger partial charge in [-0.2, -0.15) is 0 Å². The van der Waals surface area contributed by atoms with Crippen molar-refractivity contribution in [2.45, 2.75) is 45.2 Å². The van der Waals surface area contributed by atoms with E-state index >= 15 is 0 Å². The molecule has 1 amide bonds. The van der Waals surface area contributed by atoms with Gasteiger partial charge in [-0.3, -0.25) is 4.79 Å². The maximum atomic E-state index is 12.5. The van der Waals surface area contributed by atoms with Crippen molar-refractivity contribution in [1.29, 1.82) is 0 Å². The van der Waals surface area contributed by atoms with Crippen LogP contribution in [-0.2, 0) is 11.3 Å². The van der Waals surface area contributed by atoms with E-state index in [1.165, 1.54) is 4.90 Å². The lowest BCUT2D eigenvalue weighted by Crippen LogP contribution is -2.48. The summed E-state index contributed by atoms with van der Waals surface area (Å²) in [6, 6.07) is 2.93. The first-order valence-corrected chi connectivity index (χ1v) is 6.84. The van der Waals surface area contributed by atoms with Crippen molar-refractivity contribution in [2.24, 2.45) is 0 Å². The van der Waals surface area contributed by atoms with Crippen LogP contribution >= 0.6 is 0 Å². The molecule has 104 valence electrons. The third kappa shape index (κ3) is 2.80. The molecule has 1 fully saturated rings. The van der Waals surface area contributed by atoms with Crippen molar-refractivity contribution in [3.05, 3.63) is 24.0 Å². The van der Waals surface area contributed by atoms with Gasteiger partial charge in [0.1, 0.15) is 11.7 Å². The Labute approximate surface area is 112 Å². The summed E-state index contributed by atoms with van der Waals surface area (Å²) < 4.78 is 1.90. The number of aliphatic carboxylic acids is 1. The highest BCUT2D eigenvalue weighted by Crippen LogP contribution is 2.20. The predicted molar refractivity (Wildman–Crippen MR) is 71.0 cm³/mol. The van der Waals surface area contributed by atoms with Gasteiger partial charge < -0.3 is 14.6 Å². The van der Waals surface area contributed by atoms with Crippen molar-refractivity contribution < 1.29 is 14.7 Å². The quantitative estimate of drug-likeness (QED) is 0.904. The molecule has 19 heavy (non-hydrogen) atoms. The number of aryl methyl sites for hydroxylation is 1. The smallest absolute Gasteiger partial charge is 0.326 e. The van der Waals surface area contributed by atoms with E-state index in [2.05, 4.69) is 6.92 Å². The second-order valence-corrected chi connectivity index (χ2v) is 4.94. The van der Waals surface area contributed by atoms with Crippen molar-refractivity contribution in [2.75, 3.05) is 6.54 Å². The molecule has 1 N–H and O–H groups in total. The highest BCUT2D eigenvalue weighted by Gasteiger charge is 2.33. The number of carboxylic acids is 1. The lowest BCUT2D eigenvalue weighted by atomic mass is 10.0. The lowest BCUT2D eigenvalue weighted by molar-refractivity contribution is -0.143. The standard InChI is InChI=1S/C14H20N2O3/c1-2-8-15-9-5-7-11(15)13(17)16-10-4-3-6-12(16)14(18)19/h5,7,9,12H,2-4,6,8,10H2,1H3,(H,18,19)/t12-/m1/s1. The van der Waals surface area contributed by atoms with Crippen LogP contribution < -0.4 is 0 Å². The number of carbonyl (C=O) groups is 2. The van der Waals surface area contributed by atoms with Crippen LogP contribution in [0.1, 0.15) is 43.1 Å². The fraction of sp³-hybridized carbons (Fsp3) is 0.571. The summed E-state index contributed by atoms with van der Waals surface area (Å²) in [7, 11) is 0. The Balaban J connectivity index is 2.21. The van der Waals surface area contributed by atoms with Gasteiger partial charge in [0.25, 0.3) is 5.91 Å². The molecule has 0 aromatic carbocycles. The molecule has 5 heteroatoms. The fourth-order valence-electron chi connectivity index (χ4n) is 2.62. The van der Waals surface area contributed by atoms with Gasteiger partial charge in [0, 0.05) is 19.3 Å². The molecule has 0 spiro atoms. The number of nitrogens with zero attached hydrogens (tertiary/aromatic N) is 2. The molecule has 1 atom stereocenters. The van der Waals surface area contributed by atoms with Gasteiger partial charge in [-0.15, -0.1) is 0 Å². The molecule has 1 aromatic heterocycles. The number of rotatable bonds is 4. The number of carboxylic acid groups (broad SMARTS) is 1. The Bertz CT molecular complexity index is 467. The van der Waals surface area contributed by atoms with Crippen molar-refractivity contribution >= 4 is 11.9 Å². The van der Waals surface area contributed by atoms with Gasteiger partial charge in [-0.25, -0.2) is 4.79 Å². The van der Waals surface area contributed by atoms with E-state index in [4.69, 9.17) is 0 Å². The monoisotopic (exact) mass is 264 g/mol. The SMILES string of the molecule is CCCn1cccc1C(=O)N1CCCC[C@@H]1C(=O)O. The van der Waals surface area contributed by atoms with Crippen molar-refractivity contribution in [3.8, 4) is 0 Å². The van der Waals surface area contributed by atoms with E-state index in [1.54, 1.807) is 6.07 Å². The van der Waals surface area contributed by atoms with Crippen molar-refractivity contribution in [3.63, 3.8) is 0 Å². The number of piperidine rings is 1. The second-order valence-electron chi connectivity index (χ2n) is 4.94. The average Bonchev–Trinajstić information content (AvgIpc) is 2.86. The van der Waals surface area contributed by atoms with Gasteiger partial charge in [0.05, 0.1) is 0 Å². The predicted octanol–water partition coefficient (Wildman–Crippen LogP) is 1.98. The number of aromatic nitrogens is 1. The molecule has 0 aliphatic carbocycles. The van der Waals surface area contributed by atoms with Gasteiger partial charge in [0.2, 0.25) is 0 Å². The fourth-order valence-corrected chi connectivity index (χ4v) is 2.62. The molecule has 2 heterocycles. The zero-order valence-corrected chi connectivity index (χ0v) is 11.2. The summed E-state index contributed by atoms with van der Waals surface area (Å²) in [5.41, 5.74) is 0.593. The molecule has 1 aromatic rings. The largest absolute Gasteiger partial charge is 0.480 e. The number of carbonyl (C=O) groups excluding carboxylic acids is 1. The first-order chi connectivity index (χ1) is 9.15. The van der Waals surface area contributed by atoms with Crippen LogP contribution in [0.2, 0.25) is 0 Å². The van der Waals surface area contributed by atoms with Crippen LogP contribution in [0, 0.1) is 0 Å². The van der Waals surface area contributed by atoms with Crippen LogP contribution in [0.3, 0.4) is 0 Å². The maximum Gasteiger partial charge on any atom is 0.326 e. The Morgan fingerprint density at radius 3 is 2.89 bits per heavy atom. The Kier molecular flexibility index (Phi) is 4.24. The molecular weight excluding hydrogens is 244 g/mol. The first-order valence-electron chi connectivity index (χ1n) is 6.84. The van der Waals surface area contributed by atoms with Crippen molar-refractivity contribution in [1.82, 2.24) is 9.47 Å². The highest BCUT2D eigenvalue weighted by molar-refractivity contribution is 5.95. The molecule has 0 radical (unpaired) electrons. The van der Waals surface area contributed by atoms with E-state index in [-0.39, 0.29) is 5.91 Å². The van der Waals surface area contributed by atoms with Crippen LogP contribution in [0.15, 0.2) is 18.3 Å². The minimum atomic E-state index is -0.901. The molecule has 0 bridgehead atoms. The molecule has 1 saturated heterocycles. The van der Waals surface area contributed by atoms with Crippen LogP contribution in [-0.4, -0.2) is 39.0 Å². The van der Waals surface area contributed by atoms with E-state index in [9.17, 15) is 14.7 Å². The average molecular weight is 264 g/mol. The Hall–Kier alpha value is -1.78. The Morgan fingerprint density at radius 1 is 1.42 bits per heavy atom. The summed E-state index contributed by atoms with van der Waals surface area (Å²) in [5, 5.41) is 9.23. The third-order valence-corrected chi connectivity index (χ3v) is 3.56. The molecule has 1 aliphatic heterocycles. The molecule has 0 unspecified atom stereocenters. The summed E-state index contributed by atoms with van der Waals surface area (Å²) >= 11 is 0. The second kappa shape index (κ2) is 5.91. The maximum absolute atomic E-state index is 12.5. The minimum Gasteiger partial charge on any atom is -0.480 e. The Morgan fingerprint density at radius 2 is 2.21 bits per heavy atom. The van der Waals surface area contributed by atoms with E-state index in [1.807, 2.05) is 16.8 Å². The van der Waals surface area contributed by atoms with E-state index in [0.717, 1.165) is 25.8 Å². The number of hydrogen-bond acceptors (Lipinski definition) is 2. The number of hydrogen-bond donors (Lipinski definition) is 1. The third-order valence-electron chi connectivity index (χ3n) is 3.56. The number of amides is 1. The van der Waals surface area contributed by atoms with Crippen LogP contribution in [0.5, 0.6) is 0 Å². The van der Waals surface area contributed by atoms with Gasteiger partial charge in [-0.05, 0) is 37.8 Å².